The summed E-state index contributed by atoms with van der Waals surface area (Å²) < 4.78 is 12.0. The van der Waals surface area contributed by atoms with Crippen molar-refractivity contribution in [3.63, 3.8) is 0 Å². The van der Waals surface area contributed by atoms with E-state index in [2.05, 4.69) is 24.3 Å². The lowest BCUT2D eigenvalue weighted by Crippen LogP contribution is -2.52. The Bertz CT molecular complexity index is 1470. The average molecular weight is 583 g/mol. The average Bonchev–Trinajstić information content (AvgIpc) is 3.02. The number of benzene rings is 4. The summed E-state index contributed by atoms with van der Waals surface area (Å²) in [7, 11) is 0. The molecule has 224 valence electrons. The van der Waals surface area contributed by atoms with Gasteiger partial charge < -0.3 is 9.47 Å². The molecule has 0 N–H and O–H groups in total. The lowest BCUT2D eigenvalue weighted by molar-refractivity contribution is -0.115. The minimum absolute atomic E-state index is 0.465. The normalized spacial score (nSPS) is 25.5. The third-order valence-electron chi connectivity index (χ3n) is 10.0. The van der Waals surface area contributed by atoms with Crippen LogP contribution in [0.1, 0.15) is 62.5 Å². The van der Waals surface area contributed by atoms with Gasteiger partial charge >= 0.3 is 0 Å². The van der Waals surface area contributed by atoms with E-state index in [4.69, 9.17) is 19.5 Å². The molecule has 8 rings (SSSR count). The van der Waals surface area contributed by atoms with E-state index in [1.807, 2.05) is 97.4 Å². The van der Waals surface area contributed by atoms with Gasteiger partial charge in [-0.2, -0.15) is 0 Å². The molecule has 44 heavy (non-hydrogen) atoms. The van der Waals surface area contributed by atoms with Crippen molar-refractivity contribution in [2.24, 2.45) is 32.7 Å². The third kappa shape index (κ3) is 6.96. The molecular weight excluding hydrogens is 540 g/mol. The summed E-state index contributed by atoms with van der Waals surface area (Å²) in [5.41, 5.74) is 3.12. The Morgan fingerprint density at radius 3 is 1.43 bits per heavy atom. The first kappa shape index (κ1) is 28.6. The maximum atomic E-state index is 6.02. The molecule has 4 bridgehead atoms. The van der Waals surface area contributed by atoms with E-state index in [-0.39, 0.29) is 0 Å². The van der Waals surface area contributed by atoms with Crippen LogP contribution in [0.3, 0.4) is 0 Å². The molecule has 0 amide bonds. The Hall–Kier alpha value is -4.18. The number of hydrogen-bond donors (Lipinski definition) is 0. The standard InChI is InChI=1S/C40H42N2O2/c1-3-11-35(12-4-1)43-37-15-7-9-31(22-37)28-41-19-17-39-24-33-21-34(25-39)27-40(26-33,30-39)18-20-42-29-32-10-8-16-38(23-32)44-36-13-5-2-6-14-36/h1-16,22-23,28-29,33-34H,17-21,24-27,30H2. The highest BCUT2D eigenvalue weighted by Crippen LogP contribution is 2.67. The monoisotopic (exact) mass is 582 g/mol. The second-order valence-corrected chi connectivity index (χ2v) is 13.5. The van der Waals surface area contributed by atoms with Crippen molar-refractivity contribution in [1.29, 1.82) is 0 Å². The van der Waals surface area contributed by atoms with E-state index >= 15 is 0 Å². The Labute approximate surface area is 261 Å². The smallest absolute Gasteiger partial charge is 0.128 e. The topological polar surface area (TPSA) is 43.2 Å². The zero-order valence-electron chi connectivity index (χ0n) is 25.5. The zero-order chi connectivity index (χ0) is 29.7. The molecule has 0 heterocycles. The SMILES string of the molecule is C(=NCCC12CC3CC(C1)CC(CCN=Cc1cccc(Oc4ccccc4)c1)(C3)C2)c1cccc(Oc2ccccc2)c1. The molecular formula is C40H42N2O2. The fourth-order valence-electron chi connectivity index (χ4n) is 8.74. The number of para-hydroxylation sites is 2. The first-order chi connectivity index (χ1) is 21.6. The minimum atomic E-state index is 0.465. The van der Waals surface area contributed by atoms with E-state index in [1.165, 1.54) is 51.4 Å². The largest absolute Gasteiger partial charge is 0.457 e. The molecule has 0 aromatic heterocycles. The predicted octanol–water partition coefficient (Wildman–Crippen LogP) is 10.2. The van der Waals surface area contributed by atoms with Gasteiger partial charge in [-0.3, -0.25) is 9.98 Å². The Morgan fingerprint density at radius 1 is 0.545 bits per heavy atom. The van der Waals surface area contributed by atoms with Gasteiger partial charge in [0.15, 0.2) is 0 Å². The molecule has 4 aliphatic rings. The maximum Gasteiger partial charge on any atom is 0.128 e. The molecule has 0 unspecified atom stereocenters. The van der Waals surface area contributed by atoms with Crippen molar-refractivity contribution in [1.82, 2.24) is 0 Å². The number of ether oxygens (including phenoxy) is 2. The van der Waals surface area contributed by atoms with Crippen molar-refractivity contribution in [3.05, 3.63) is 120 Å². The van der Waals surface area contributed by atoms with Gasteiger partial charge in [-0.25, -0.2) is 0 Å². The van der Waals surface area contributed by atoms with Gasteiger partial charge in [0.05, 0.1) is 0 Å². The minimum Gasteiger partial charge on any atom is -0.457 e. The van der Waals surface area contributed by atoms with Gasteiger partial charge in [0.1, 0.15) is 23.0 Å². The van der Waals surface area contributed by atoms with Crippen molar-refractivity contribution < 1.29 is 9.47 Å². The van der Waals surface area contributed by atoms with E-state index in [1.54, 1.807) is 0 Å². The number of hydrogen-bond acceptors (Lipinski definition) is 4. The van der Waals surface area contributed by atoms with Gasteiger partial charge in [0, 0.05) is 25.5 Å². The number of aliphatic imine (C=N–C) groups is 2. The summed E-state index contributed by atoms with van der Waals surface area (Å²) in [4.78, 5) is 9.83. The highest BCUT2D eigenvalue weighted by Gasteiger charge is 2.56. The Kier molecular flexibility index (Phi) is 8.33. The first-order valence-electron chi connectivity index (χ1n) is 16.3. The molecule has 4 aromatic rings. The van der Waals surface area contributed by atoms with Gasteiger partial charge in [0.25, 0.3) is 0 Å². The van der Waals surface area contributed by atoms with E-state index in [9.17, 15) is 0 Å². The molecule has 4 aromatic carbocycles. The van der Waals surface area contributed by atoms with E-state index in [0.29, 0.717) is 10.8 Å². The third-order valence-corrected chi connectivity index (χ3v) is 10.0. The molecule has 0 spiro atoms. The predicted molar refractivity (Wildman–Crippen MR) is 180 cm³/mol. The van der Waals surface area contributed by atoms with Crippen molar-refractivity contribution in [3.8, 4) is 23.0 Å². The van der Waals surface area contributed by atoms with Crippen LogP contribution < -0.4 is 9.47 Å². The lowest BCUT2D eigenvalue weighted by Gasteiger charge is -2.62. The van der Waals surface area contributed by atoms with Gasteiger partial charge in [0.2, 0.25) is 0 Å². The number of nitrogens with zero attached hydrogens (tertiary/aromatic N) is 2. The molecule has 4 saturated carbocycles. The zero-order valence-corrected chi connectivity index (χ0v) is 25.5. The highest BCUT2D eigenvalue weighted by molar-refractivity contribution is 5.80. The summed E-state index contributed by atoms with van der Waals surface area (Å²) >= 11 is 0. The summed E-state index contributed by atoms with van der Waals surface area (Å²) in [6.07, 6.45) is 14.9. The second kappa shape index (κ2) is 12.8. The molecule has 0 radical (unpaired) electrons. The van der Waals surface area contributed by atoms with Crippen LogP contribution in [0.25, 0.3) is 0 Å². The molecule has 0 aliphatic heterocycles. The molecule has 4 heteroatoms. The number of rotatable bonds is 12. The summed E-state index contributed by atoms with van der Waals surface area (Å²) in [6.45, 7) is 1.80. The van der Waals surface area contributed by atoms with Crippen molar-refractivity contribution >= 4 is 12.4 Å². The molecule has 0 saturated heterocycles. The second-order valence-electron chi connectivity index (χ2n) is 13.5. The van der Waals surface area contributed by atoms with Crippen LogP contribution in [0.2, 0.25) is 0 Å². The first-order valence-corrected chi connectivity index (χ1v) is 16.3. The van der Waals surface area contributed by atoms with Gasteiger partial charge in [-0.05, 0) is 134 Å². The van der Waals surface area contributed by atoms with Crippen LogP contribution in [0.15, 0.2) is 119 Å². The van der Waals surface area contributed by atoms with Crippen LogP contribution in [-0.4, -0.2) is 25.5 Å². The van der Waals surface area contributed by atoms with Crippen molar-refractivity contribution in [2.45, 2.75) is 51.4 Å². The summed E-state index contributed by atoms with van der Waals surface area (Å²) in [5, 5.41) is 0. The Morgan fingerprint density at radius 2 is 0.977 bits per heavy atom. The fourth-order valence-corrected chi connectivity index (χ4v) is 8.74. The molecule has 4 aliphatic carbocycles. The summed E-state index contributed by atoms with van der Waals surface area (Å²) in [5.74, 6) is 5.18. The highest BCUT2D eigenvalue weighted by atomic mass is 16.5. The van der Waals surface area contributed by atoms with Gasteiger partial charge in [-0.15, -0.1) is 0 Å². The van der Waals surface area contributed by atoms with Crippen LogP contribution in [0.5, 0.6) is 23.0 Å². The van der Waals surface area contributed by atoms with Crippen LogP contribution in [0.4, 0.5) is 0 Å². The van der Waals surface area contributed by atoms with Gasteiger partial charge in [-0.1, -0.05) is 60.7 Å². The quantitative estimate of drug-likeness (QED) is 0.156. The van der Waals surface area contributed by atoms with E-state index in [0.717, 1.165) is 59.1 Å². The lowest BCUT2D eigenvalue weighted by atomic mass is 9.43. The van der Waals surface area contributed by atoms with Crippen LogP contribution in [-0.2, 0) is 0 Å². The fraction of sp³-hybridized carbons (Fsp3) is 0.350. The maximum absolute atomic E-state index is 6.02. The van der Waals surface area contributed by atoms with E-state index < -0.39 is 0 Å². The van der Waals surface area contributed by atoms with Crippen molar-refractivity contribution in [2.75, 3.05) is 13.1 Å². The summed E-state index contributed by atoms with van der Waals surface area (Å²) in [6, 6.07) is 36.3. The molecule has 4 fully saturated rings. The Balaban J connectivity index is 0.935. The molecule has 4 nitrogen and oxygen atoms in total. The van der Waals surface area contributed by atoms with Crippen LogP contribution in [0, 0.1) is 22.7 Å². The van der Waals surface area contributed by atoms with Crippen LogP contribution >= 0.6 is 0 Å². The molecule has 0 atom stereocenters.